The van der Waals surface area contributed by atoms with Gasteiger partial charge in [0.05, 0.1) is 12.5 Å². The Kier molecular flexibility index (Phi) is 3.85. The van der Waals surface area contributed by atoms with Crippen molar-refractivity contribution in [2.75, 3.05) is 6.54 Å². The Morgan fingerprint density at radius 2 is 1.85 bits per heavy atom. The summed E-state index contributed by atoms with van der Waals surface area (Å²) in [6.45, 7) is 0.777. The van der Waals surface area contributed by atoms with Gasteiger partial charge in [-0.25, -0.2) is 0 Å². The van der Waals surface area contributed by atoms with Gasteiger partial charge in [-0.3, -0.25) is 9.20 Å². The molecule has 27 heavy (non-hydrogen) atoms. The van der Waals surface area contributed by atoms with E-state index in [-0.39, 0.29) is 11.9 Å². The molecule has 2 aromatic carbocycles. The predicted octanol–water partition coefficient (Wildman–Crippen LogP) is 3.79. The molecule has 0 saturated carbocycles. The SMILES string of the molecule is O=C(Cc1ccc2ccccc2c1)N1CCCC1c1nnc2ccccn12. The number of likely N-dealkylation sites (tertiary alicyclic amines) is 1. The molecule has 5 nitrogen and oxygen atoms in total. The Morgan fingerprint density at radius 1 is 1.00 bits per heavy atom. The van der Waals surface area contributed by atoms with E-state index in [4.69, 9.17) is 0 Å². The van der Waals surface area contributed by atoms with Crippen LogP contribution in [0.3, 0.4) is 0 Å². The molecule has 1 unspecified atom stereocenters. The second-order valence-corrected chi connectivity index (χ2v) is 7.09. The van der Waals surface area contributed by atoms with Gasteiger partial charge in [0.15, 0.2) is 11.5 Å². The molecular formula is C22H20N4O. The second-order valence-electron chi connectivity index (χ2n) is 7.09. The Bertz CT molecular complexity index is 1130. The standard InChI is InChI=1S/C22H20N4O/c27-21(15-16-10-11-17-6-1-2-7-18(17)14-16)25-13-5-8-19(25)22-24-23-20-9-3-4-12-26(20)22/h1-4,6-7,9-12,14,19H,5,8,13,15H2. The van der Waals surface area contributed by atoms with Crippen LogP contribution in [0.4, 0.5) is 0 Å². The minimum Gasteiger partial charge on any atom is -0.332 e. The van der Waals surface area contributed by atoms with E-state index in [1.807, 2.05) is 45.8 Å². The molecule has 1 fully saturated rings. The Balaban J connectivity index is 1.41. The highest BCUT2D eigenvalue weighted by Gasteiger charge is 2.33. The summed E-state index contributed by atoms with van der Waals surface area (Å²) in [5, 5.41) is 11.0. The van der Waals surface area contributed by atoms with Crippen molar-refractivity contribution >= 4 is 22.3 Å². The van der Waals surface area contributed by atoms with Crippen molar-refractivity contribution in [2.45, 2.75) is 25.3 Å². The first-order valence-electron chi connectivity index (χ1n) is 9.36. The number of benzene rings is 2. The van der Waals surface area contributed by atoms with Gasteiger partial charge in [0.25, 0.3) is 0 Å². The third kappa shape index (κ3) is 2.85. The van der Waals surface area contributed by atoms with E-state index < -0.39 is 0 Å². The first kappa shape index (κ1) is 16.0. The van der Waals surface area contributed by atoms with Crippen molar-refractivity contribution in [1.82, 2.24) is 19.5 Å². The van der Waals surface area contributed by atoms with Gasteiger partial charge in [0.1, 0.15) is 0 Å². The summed E-state index contributed by atoms with van der Waals surface area (Å²) < 4.78 is 1.99. The molecular weight excluding hydrogens is 336 g/mol. The number of rotatable bonds is 3. The zero-order chi connectivity index (χ0) is 18.2. The summed E-state index contributed by atoms with van der Waals surface area (Å²) in [7, 11) is 0. The minimum absolute atomic E-state index is 0.00430. The van der Waals surface area contributed by atoms with Gasteiger partial charge in [-0.1, -0.05) is 48.5 Å². The van der Waals surface area contributed by atoms with Crippen LogP contribution in [0.2, 0.25) is 0 Å². The van der Waals surface area contributed by atoms with Crippen molar-refractivity contribution in [1.29, 1.82) is 0 Å². The van der Waals surface area contributed by atoms with Gasteiger partial charge in [-0.15, -0.1) is 10.2 Å². The second kappa shape index (κ2) is 6.50. The highest BCUT2D eigenvalue weighted by atomic mass is 16.2. The maximum Gasteiger partial charge on any atom is 0.227 e. The zero-order valence-electron chi connectivity index (χ0n) is 15.0. The number of amides is 1. The number of nitrogens with zero attached hydrogens (tertiary/aromatic N) is 4. The number of carbonyl (C=O) groups excluding carboxylic acids is 1. The molecule has 2 aromatic heterocycles. The van der Waals surface area contributed by atoms with Crippen LogP contribution in [-0.2, 0) is 11.2 Å². The van der Waals surface area contributed by atoms with Gasteiger partial charge in [0.2, 0.25) is 5.91 Å². The predicted molar refractivity (Wildman–Crippen MR) is 104 cm³/mol. The highest BCUT2D eigenvalue weighted by Crippen LogP contribution is 2.31. The molecule has 3 heterocycles. The lowest BCUT2D eigenvalue weighted by Gasteiger charge is -2.23. The fourth-order valence-corrected chi connectivity index (χ4v) is 4.05. The van der Waals surface area contributed by atoms with Crippen LogP contribution >= 0.6 is 0 Å². The zero-order valence-corrected chi connectivity index (χ0v) is 15.0. The van der Waals surface area contributed by atoms with Crippen molar-refractivity contribution < 1.29 is 4.79 Å². The van der Waals surface area contributed by atoms with Gasteiger partial charge >= 0.3 is 0 Å². The first-order chi connectivity index (χ1) is 13.3. The molecule has 134 valence electrons. The Hall–Kier alpha value is -3.21. The van der Waals surface area contributed by atoms with Crippen LogP contribution in [-0.4, -0.2) is 31.9 Å². The normalized spacial score (nSPS) is 17.0. The molecule has 1 atom stereocenters. The van der Waals surface area contributed by atoms with Crippen LogP contribution in [0.15, 0.2) is 66.9 Å². The van der Waals surface area contributed by atoms with Crippen LogP contribution in [0, 0.1) is 0 Å². The lowest BCUT2D eigenvalue weighted by Crippen LogP contribution is -2.32. The number of hydrogen-bond donors (Lipinski definition) is 0. The van der Waals surface area contributed by atoms with E-state index in [1.54, 1.807) is 0 Å². The van der Waals surface area contributed by atoms with Crippen LogP contribution < -0.4 is 0 Å². The monoisotopic (exact) mass is 356 g/mol. The molecule has 1 amide bonds. The number of aromatic nitrogens is 3. The fraction of sp³-hybridized carbons (Fsp3) is 0.227. The van der Waals surface area contributed by atoms with Gasteiger partial charge in [0, 0.05) is 12.7 Å². The summed E-state index contributed by atoms with van der Waals surface area (Å²) in [6.07, 6.45) is 4.31. The maximum absolute atomic E-state index is 13.1. The highest BCUT2D eigenvalue weighted by molar-refractivity contribution is 5.85. The van der Waals surface area contributed by atoms with Crippen LogP contribution in [0.1, 0.15) is 30.3 Å². The van der Waals surface area contributed by atoms with Crippen molar-refractivity contribution in [3.05, 3.63) is 78.2 Å². The number of pyridine rings is 1. The van der Waals surface area contributed by atoms with Crippen molar-refractivity contribution in [3.8, 4) is 0 Å². The molecule has 0 radical (unpaired) electrons. The third-order valence-electron chi connectivity index (χ3n) is 5.38. The molecule has 5 rings (SSSR count). The quantitative estimate of drug-likeness (QED) is 0.561. The minimum atomic E-state index is -0.00430. The molecule has 1 aliphatic rings. The number of fused-ring (bicyclic) bond motifs is 2. The van der Waals surface area contributed by atoms with Gasteiger partial charge in [-0.2, -0.15) is 0 Å². The largest absolute Gasteiger partial charge is 0.332 e. The molecule has 0 aliphatic carbocycles. The summed E-state index contributed by atoms with van der Waals surface area (Å²) in [4.78, 5) is 15.0. The van der Waals surface area contributed by atoms with Gasteiger partial charge in [-0.05, 0) is 41.3 Å². The topological polar surface area (TPSA) is 50.5 Å². The molecule has 0 bridgehead atoms. The average Bonchev–Trinajstić information content (AvgIpc) is 3.34. The molecule has 4 aromatic rings. The molecule has 0 N–H and O–H groups in total. The molecule has 1 saturated heterocycles. The number of carbonyl (C=O) groups is 1. The lowest BCUT2D eigenvalue weighted by atomic mass is 10.0. The summed E-state index contributed by atoms with van der Waals surface area (Å²) in [6, 6.07) is 20.3. The smallest absolute Gasteiger partial charge is 0.227 e. The Labute approximate surface area is 157 Å². The number of hydrogen-bond acceptors (Lipinski definition) is 3. The average molecular weight is 356 g/mol. The third-order valence-corrected chi connectivity index (χ3v) is 5.38. The maximum atomic E-state index is 13.1. The van der Waals surface area contributed by atoms with Crippen molar-refractivity contribution in [2.24, 2.45) is 0 Å². The summed E-state index contributed by atoms with van der Waals surface area (Å²) >= 11 is 0. The lowest BCUT2D eigenvalue weighted by molar-refractivity contribution is -0.131. The molecule has 0 spiro atoms. The van der Waals surface area contributed by atoms with E-state index >= 15 is 0 Å². The van der Waals surface area contributed by atoms with E-state index in [1.165, 1.54) is 10.8 Å². The van der Waals surface area contributed by atoms with Crippen molar-refractivity contribution in [3.63, 3.8) is 0 Å². The van der Waals surface area contributed by atoms with Gasteiger partial charge < -0.3 is 4.90 Å². The van der Waals surface area contributed by atoms with E-state index in [2.05, 4.69) is 40.5 Å². The fourth-order valence-electron chi connectivity index (χ4n) is 4.05. The first-order valence-corrected chi connectivity index (χ1v) is 9.36. The van der Waals surface area contributed by atoms with Crippen LogP contribution in [0.5, 0.6) is 0 Å². The van der Waals surface area contributed by atoms with E-state index in [0.717, 1.165) is 36.4 Å². The van der Waals surface area contributed by atoms with E-state index in [0.29, 0.717) is 6.42 Å². The van der Waals surface area contributed by atoms with Crippen LogP contribution in [0.25, 0.3) is 16.4 Å². The van der Waals surface area contributed by atoms with E-state index in [9.17, 15) is 4.79 Å². The summed E-state index contributed by atoms with van der Waals surface area (Å²) in [5.41, 5.74) is 1.87. The summed E-state index contributed by atoms with van der Waals surface area (Å²) in [5.74, 6) is 1.01. The Morgan fingerprint density at radius 3 is 2.78 bits per heavy atom. The molecule has 5 heteroatoms. The molecule has 1 aliphatic heterocycles.